The van der Waals surface area contributed by atoms with Crippen LogP contribution in [0.4, 0.5) is 0 Å². The number of amides is 1. The summed E-state index contributed by atoms with van der Waals surface area (Å²) in [7, 11) is 0. The molecule has 16 heavy (non-hydrogen) atoms. The van der Waals surface area contributed by atoms with Crippen LogP contribution < -0.4 is 5.73 Å². The SMILES string of the molecule is CCN1C(Br)=C(Cl)N(CC(=O)O)C(=O)C1N. The number of carboxylic acids is 1. The van der Waals surface area contributed by atoms with Gasteiger partial charge in [0.2, 0.25) is 0 Å². The van der Waals surface area contributed by atoms with Gasteiger partial charge in [0, 0.05) is 6.54 Å². The predicted molar refractivity (Wildman–Crippen MR) is 61.5 cm³/mol. The number of nitrogens with zero attached hydrogens (tertiary/aromatic N) is 2. The fourth-order valence-electron chi connectivity index (χ4n) is 1.36. The molecule has 1 aliphatic heterocycles. The van der Waals surface area contributed by atoms with Crippen LogP contribution in [0.15, 0.2) is 9.76 Å². The molecule has 1 aliphatic rings. The second-order valence-corrected chi connectivity index (χ2v) is 4.24. The first-order chi connectivity index (χ1) is 7.40. The Morgan fingerprint density at radius 3 is 2.69 bits per heavy atom. The summed E-state index contributed by atoms with van der Waals surface area (Å²) in [4.78, 5) is 24.8. The highest BCUT2D eigenvalue weighted by molar-refractivity contribution is 9.11. The van der Waals surface area contributed by atoms with Crippen molar-refractivity contribution in [1.29, 1.82) is 0 Å². The largest absolute Gasteiger partial charge is 0.480 e. The molecule has 1 unspecified atom stereocenters. The molecule has 1 rings (SSSR count). The van der Waals surface area contributed by atoms with Crippen LogP contribution in [0.25, 0.3) is 0 Å². The van der Waals surface area contributed by atoms with Crippen molar-refractivity contribution in [3.63, 3.8) is 0 Å². The van der Waals surface area contributed by atoms with E-state index in [0.29, 0.717) is 11.2 Å². The fourth-order valence-corrected chi connectivity index (χ4v) is 2.30. The lowest BCUT2D eigenvalue weighted by Gasteiger charge is -2.37. The first-order valence-corrected chi connectivity index (χ1v) is 5.67. The molecule has 0 radical (unpaired) electrons. The van der Waals surface area contributed by atoms with Gasteiger partial charge in [0.15, 0.2) is 6.17 Å². The van der Waals surface area contributed by atoms with Gasteiger partial charge in [-0.3, -0.25) is 14.5 Å². The van der Waals surface area contributed by atoms with Crippen molar-refractivity contribution in [2.75, 3.05) is 13.1 Å². The van der Waals surface area contributed by atoms with Crippen LogP contribution in [-0.2, 0) is 9.59 Å². The van der Waals surface area contributed by atoms with E-state index < -0.39 is 24.6 Å². The predicted octanol–water partition coefficient (Wildman–Crippen LogP) is 0.280. The minimum Gasteiger partial charge on any atom is -0.480 e. The molecule has 1 heterocycles. The smallest absolute Gasteiger partial charge is 0.323 e. The van der Waals surface area contributed by atoms with Gasteiger partial charge in [0.1, 0.15) is 16.3 Å². The standard InChI is InChI=1S/C8H11BrClN3O3/c1-2-12-5(9)6(10)13(3-4(14)15)8(16)7(12)11/h7H,2-3,11H2,1H3,(H,14,15). The number of carboxylic acid groups (broad SMARTS) is 1. The lowest BCUT2D eigenvalue weighted by molar-refractivity contribution is -0.145. The second kappa shape index (κ2) is 5.03. The van der Waals surface area contributed by atoms with Crippen LogP contribution in [0.5, 0.6) is 0 Å². The zero-order chi connectivity index (χ0) is 12.5. The summed E-state index contributed by atoms with van der Waals surface area (Å²) in [5.41, 5.74) is 5.67. The summed E-state index contributed by atoms with van der Waals surface area (Å²) in [6.07, 6.45) is -0.916. The Balaban J connectivity index is 3.08. The van der Waals surface area contributed by atoms with Crippen molar-refractivity contribution in [3.8, 4) is 0 Å². The van der Waals surface area contributed by atoms with Crippen molar-refractivity contribution in [2.45, 2.75) is 13.1 Å². The number of nitrogens with two attached hydrogens (primary N) is 1. The Morgan fingerprint density at radius 2 is 2.25 bits per heavy atom. The molecule has 90 valence electrons. The Labute approximate surface area is 106 Å². The molecule has 0 saturated heterocycles. The molecular weight excluding hydrogens is 301 g/mol. The number of hydrogen-bond acceptors (Lipinski definition) is 4. The topological polar surface area (TPSA) is 86.9 Å². The molecular formula is C8H11BrClN3O3. The fraction of sp³-hybridized carbons (Fsp3) is 0.500. The van der Waals surface area contributed by atoms with Gasteiger partial charge < -0.3 is 15.7 Å². The third-order valence-electron chi connectivity index (χ3n) is 2.15. The van der Waals surface area contributed by atoms with Gasteiger partial charge >= 0.3 is 5.97 Å². The summed E-state index contributed by atoms with van der Waals surface area (Å²) in [6.45, 7) is 1.80. The van der Waals surface area contributed by atoms with Crippen LogP contribution >= 0.6 is 27.5 Å². The van der Waals surface area contributed by atoms with Crippen molar-refractivity contribution in [3.05, 3.63) is 9.76 Å². The number of likely N-dealkylation sites (N-methyl/N-ethyl adjacent to an activating group) is 1. The molecule has 3 N–H and O–H groups in total. The molecule has 0 aromatic heterocycles. The van der Waals surface area contributed by atoms with Crippen molar-refractivity contribution in [1.82, 2.24) is 9.80 Å². The van der Waals surface area contributed by atoms with E-state index in [1.807, 2.05) is 6.92 Å². The minimum atomic E-state index is -1.15. The molecule has 0 saturated carbocycles. The van der Waals surface area contributed by atoms with Crippen LogP contribution in [0.1, 0.15) is 6.92 Å². The van der Waals surface area contributed by atoms with Gasteiger partial charge in [-0.2, -0.15) is 0 Å². The first kappa shape index (κ1) is 13.3. The van der Waals surface area contributed by atoms with E-state index in [-0.39, 0.29) is 5.16 Å². The minimum absolute atomic E-state index is 0.0379. The van der Waals surface area contributed by atoms with Crippen molar-refractivity contribution in [2.24, 2.45) is 5.73 Å². The van der Waals surface area contributed by atoms with Crippen LogP contribution in [0, 0.1) is 0 Å². The molecule has 0 aromatic carbocycles. The van der Waals surface area contributed by atoms with E-state index in [1.165, 1.54) is 0 Å². The van der Waals surface area contributed by atoms with Crippen molar-refractivity contribution < 1.29 is 14.7 Å². The molecule has 8 heteroatoms. The highest BCUT2D eigenvalue weighted by Crippen LogP contribution is 2.29. The molecule has 0 spiro atoms. The van der Waals surface area contributed by atoms with Gasteiger partial charge in [-0.25, -0.2) is 0 Å². The molecule has 1 amide bonds. The molecule has 0 bridgehead atoms. The maximum atomic E-state index is 11.7. The van der Waals surface area contributed by atoms with Gasteiger partial charge in [-0.1, -0.05) is 11.6 Å². The lowest BCUT2D eigenvalue weighted by Crippen LogP contribution is -2.57. The molecule has 0 aromatic rings. The summed E-state index contributed by atoms with van der Waals surface area (Å²) in [5, 5.41) is 8.69. The summed E-state index contributed by atoms with van der Waals surface area (Å²) in [6, 6.07) is 0. The monoisotopic (exact) mass is 311 g/mol. The van der Waals surface area contributed by atoms with Crippen LogP contribution in [-0.4, -0.2) is 46.0 Å². The first-order valence-electron chi connectivity index (χ1n) is 4.50. The van der Waals surface area contributed by atoms with Gasteiger partial charge in [-0.05, 0) is 22.9 Å². The van der Waals surface area contributed by atoms with E-state index >= 15 is 0 Å². The van der Waals surface area contributed by atoms with Crippen LogP contribution in [0.3, 0.4) is 0 Å². The highest BCUT2D eigenvalue weighted by atomic mass is 79.9. The van der Waals surface area contributed by atoms with E-state index in [2.05, 4.69) is 15.9 Å². The number of hydrogen-bond donors (Lipinski definition) is 2. The zero-order valence-corrected chi connectivity index (χ0v) is 10.8. The van der Waals surface area contributed by atoms with Gasteiger partial charge in [-0.15, -0.1) is 0 Å². The lowest BCUT2D eigenvalue weighted by atomic mass is 10.3. The molecule has 0 fully saturated rings. The van der Waals surface area contributed by atoms with E-state index in [0.717, 1.165) is 4.90 Å². The number of carbonyl (C=O) groups excluding carboxylic acids is 1. The summed E-state index contributed by atoms with van der Waals surface area (Å²) in [5.74, 6) is -1.68. The van der Waals surface area contributed by atoms with Gasteiger partial charge in [0.25, 0.3) is 5.91 Å². The Morgan fingerprint density at radius 1 is 1.69 bits per heavy atom. The van der Waals surface area contributed by atoms with Crippen LogP contribution in [0.2, 0.25) is 0 Å². The molecule has 6 nitrogen and oxygen atoms in total. The third kappa shape index (κ3) is 2.31. The zero-order valence-electron chi connectivity index (χ0n) is 8.48. The Kier molecular flexibility index (Phi) is 4.17. The summed E-state index contributed by atoms with van der Waals surface area (Å²) >= 11 is 9.07. The second-order valence-electron chi connectivity index (χ2n) is 3.13. The van der Waals surface area contributed by atoms with E-state index in [9.17, 15) is 9.59 Å². The number of carbonyl (C=O) groups is 2. The number of rotatable bonds is 3. The average Bonchev–Trinajstić information content (AvgIpc) is 2.22. The Bertz CT molecular complexity index is 360. The molecule has 1 atom stereocenters. The molecule has 0 aliphatic carbocycles. The maximum Gasteiger partial charge on any atom is 0.323 e. The van der Waals surface area contributed by atoms with Crippen molar-refractivity contribution >= 4 is 39.4 Å². The average molecular weight is 313 g/mol. The highest BCUT2D eigenvalue weighted by Gasteiger charge is 2.36. The quantitative estimate of drug-likeness (QED) is 0.731. The normalized spacial score (nSPS) is 21.8. The number of halogens is 2. The maximum absolute atomic E-state index is 11.7. The Hall–Kier alpha value is -0.790. The number of aliphatic carboxylic acids is 1. The third-order valence-corrected chi connectivity index (χ3v) is 3.59. The van der Waals surface area contributed by atoms with E-state index in [4.69, 9.17) is 22.4 Å². The van der Waals surface area contributed by atoms with E-state index in [1.54, 1.807) is 4.90 Å². The summed E-state index contributed by atoms with van der Waals surface area (Å²) < 4.78 is 0.421. The van der Waals surface area contributed by atoms with Gasteiger partial charge in [0.05, 0.1) is 0 Å².